The summed E-state index contributed by atoms with van der Waals surface area (Å²) < 4.78 is 7.77. The van der Waals surface area contributed by atoms with Crippen LogP contribution in [0.5, 0.6) is 5.75 Å². The lowest BCUT2D eigenvalue weighted by Gasteiger charge is -2.08. The molecule has 0 saturated carbocycles. The molecule has 1 aromatic heterocycles. The number of hydrogen-bond acceptors (Lipinski definition) is 2. The molecule has 21 heavy (non-hydrogen) atoms. The molecule has 0 amide bonds. The van der Waals surface area contributed by atoms with Crippen LogP contribution in [0, 0.1) is 0 Å². The molecule has 3 nitrogen and oxygen atoms in total. The highest BCUT2D eigenvalue weighted by molar-refractivity contribution is 5.81. The van der Waals surface area contributed by atoms with E-state index in [1.807, 2.05) is 36.0 Å². The lowest BCUT2D eigenvalue weighted by atomic mass is 10.0. The Balaban J connectivity index is 1.77. The Morgan fingerprint density at radius 3 is 2.48 bits per heavy atom. The fraction of sp³-hybridized carbons (Fsp3) is 0.278. The molecule has 0 aliphatic rings. The van der Waals surface area contributed by atoms with E-state index < -0.39 is 0 Å². The Morgan fingerprint density at radius 2 is 1.76 bits per heavy atom. The molecule has 0 unspecified atom stereocenters. The van der Waals surface area contributed by atoms with Gasteiger partial charge in [-0.15, -0.1) is 0 Å². The smallest absolute Gasteiger partial charge is 0.133 e. The topological polar surface area (TPSA) is 27.1 Å². The van der Waals surface area contributed by atoms with Crippen LogP contribution < -0.4 is 4.74 Å². The quantitative estimate of drug-likeness (QED) is 0.713. The van der Waals surface area contributed by atoms with Gasteiger partial charge in [0.1, 0.15) is 18.1 Å². The van der Waals surface area contributed by atoms with E-state index >= 15 is 0 Å². The van der Waals surface area contributed by atoms with Gasteiger partial charge in [-0.25, -0.2) is 0 Å². The molecule has 3 heteroatoms. The maximum atomic E-state index is 5.87. The van der Waals surface area contributed by atoms with Gasteiger partial charge in [0, 0.05) is 12.4 Å². The van der Waals surface area contributed by atoms with Crippen molar-refractivity contribution in [1.82, 2.24) is 9.78 Å². The predicted octanol–water partition coefficient (Wildman–Crippen LogP) is 4.28. The van der Waals surface area contributed by atoms with E-state index in [0.717, 1.165) is 22.3 Å². The van der Waals surface area contributed by atoms with Crippen molar-refractivity contribution in [1.29, 1.82) is 0 Å². The summed E-state index contributed by atoms with van der Waals surface area (Å²) >= 11 is 0. The first kappa shape index (κ1) is 13.7. The van der Waals surface area contributed by atoms with Crippen molar-refractivity contribution in [3.8, 4) is 5.75 Å². The van der Waals surface area contributed by atoms with E-state index in [9.17, 15) is 0 Å². The molecule has 0 aliphatic carbocycles. The number of aryl methyl sites for hydroxylation is 1. The molecule has 0 radical (unpaired) electrons. The molecule has 0 bridgehead atoms. The molecule has 0 saturated heterocycles. The van der Waals surface area contributed by atoms with Crippen molar-refractivity contribution < 1.29 is 4.74 Å². The summed E-state index contributed by atoms with van der Waals surface area (Å²) in [6.45, 7) is 4.87. The second kappa shape index (κ2) is 5.60. The number of ether oxygens (including phenoxy) is 1. The number of para-hydroxylation sites is 1. The number of nitrogens with zero attached hydrogens (tertiary/aromatic N) is 2. The third kappa shape index (κ3) is 2.77. The number of rotatable bonds is 4. The van der Waals surface area contributed by atoms with Crippen LogP contribution in [-0.4, -0.2) is 9.78 Å². The molecule has 1 heterocycles. The third-order valence-corrected chi connectivity index (χ3v) is 3.76. The molecule has 0 N–H and O–H groups in total. The highest BCUT2D eigenvalue weighted by atomic mass is 16.5. The maximum Gasteiger partial charge on any atom is 0.133 e. The van der Waals surface area contributed by atoms with Gasteiger partial charge in [-0.05, 0) is 29.7 Å². The zero-order valence-corrected chi connectivity index (χ0v) is 12.7. The Bertz CT molecular complexity index is 742. The van der Waals surface area contributed by atoms with Crippen molar-refractivity contribution in [2.24, 2.45) is 7.05 Å². The van der Waals surface area contributed by atoms with Gasteiger partial charge in [-0.2, -0.15) is 5.10 Å². The predicted molar refractivity (Wildman–Crippen MR) is 85.6 cm³/mol. The Kier molecular flexibility index (Phi) is 3.65. The normalized spacial score (nSPS) is 11.2. The lowest BCUT2D eigenvalue weighted by Crippen LogP contribution is -1.98. The third-order valence-electron chi connectivity index (χ3n) is 3.76. The minimum Gasteiger partial charge on any atom is -0.487 e. The van der Waals surface area contributed by atoms with Crippen LogP contribution >= 0.6 is 0 Å². The average Bonchev–Trinajstić information content (AvgIpc) is 2.83. The van der Waals surface area contributed by atoms with Gasteiger partial charge in [0.2, 0.25) is 0 Å². The van der Waals surface area contributed by atoms with E-state index in [1.165, 1.54) is 5.56 Å². The summed E-state index contributed by atoms with van der Waals surface area (Å²) in [4.78, 5) is 0. The number of aromatic nitrogens is 2. The van der Waals surface area contributed by atoms with Crippen molar-refractivity contribution in [2.45, 2.75) is 26.4 Å². The van der Waals surface area contributed by atoms with Gasteiger partial charge in [0.05, 0.1) is 5.52 Å². The second-order valence-corrected chi connectivity index (χ2v) is 5.60. The SMILES string of the molecule is CC(C)c1ccc(OCc2nn(C)c3ccccc23)cc1. The van der Waals surface area contributed by atoms with E-state index in [1.54, 1.807) is 0 Å². The molecule has 2 aromatic carbocycles. The summed E-state index contributed by atoms with van der Waals surface area (Å²) in [5, 5.41) is 5.69. The maximum absolute atomic E-state index is 5.87. The van der Waals surface area contributed by atoms with E-state index in [2.05, 4.69) is 43.2 Å². The second-order valence-electron chi connectivity index (χ2n) is 5.60. The van der Waals surface area contributed by atoms with Crippen LogP contribution in [0.15, 0.2) is 48.5 Å². The molecule has 0 fully saturated rings. The first-order valence-corrected chi connectivity index (χ1v) is 7.28. The fourth-order valence-corrected chi connectivity index (χ4v) is 2.50. The standard InChI is InChI=1S/C18H20N2O/c1-13(2)14-8-10-15(11-9-14)21-12-17-16-6-4-5-7-18(16)20(3)19-17/h4-11,13H,12H2,1-3H3. The summed E-state index contributed by atoms with van der Waals surface area (Å²) in [6, 6.07) is 16.5. The number of benzene rings is 2. The summed E-state index contributed by atoms with van der Waals surface area (Å²) in [7, 11) is 1.96. The van der Waals surface area contributed by atoms with Crippen molar-refractivity contribution in [3.63, 3.8) is 0 Å². The molecular weight excluding hydrogens is 260 g/mol. The van der Waals surface area contributed by atoms with E-state index in [0.29, 0.717) is 12.5 Å². The van der Waals surface area contributed by atoms with Gasteiger partial charge in [-0.1, -0.05) is 44.2 Å². The molecular formula is C18H20N2O. The zero-order chi connectivity index (χ0) is 14.8. The summed E-state index contributed by atoms with van der Waals surface area (Å²) in [5.74, 6) is 1.42. The molecule has 0 aliphatic heterocycles. The Morgan fingerprint density at radius 1 is 1.05 bits per heavy atom. The fourth-order valence-electron chi connectivity index (χ4n) is 2.50. The van der Waals surface area contributed by atoms with Gasteiger partial charge in [0.15, 0.2) is 0 Å². The average molecular weight is 280 g/mol. The van der Waals surface area contributed by atoms with Crippen LogP contribution in [0.25, 0.3) is 10.9 Å². The minimum atomic E-state index is 0.488. The molecule has 108 valence electrons. The van der Waals surface area contributed by atoms with E-state index in [-0.39, 0.29) is 0 Å². The number of fused-ring (bicyclic) bond motifs is 1. The summed E-state index contributed by atoms with van der Waals surface area (Å²) in [6.07, 6.45) is 0. The van der Waals surface area contributed by atoms with Crippen LogP contribution in [-0.2, 0) is 13.7 Å². The molecule has 0 atom stereocenters. The van der Waals surface area contributed by atoms with Crippen LogP contribution in [0.3, 0.4) is 0 Å². The summed E-state index contributed by atoms with van der Waals surface area (Å²) in [5.41, 5.74) is 3.43. The largest absolute Gasteiger partial charge is 0.487 e. The van der Waals surface area contributed by atoms with Crippen molar-refractivity contribution in [2.75, 3.05) is 0 Å². The molecule has 3 rings (SSSR count). The van der Waals surface area contributed by atoms with Gasteiger partial charge in [-0.3, -0.25) is 4.68 Å². The van der Waals surface area contributed by atoms with Crippen LogP contribution in [0.4, 0.5) is 0 Å². The van der Waals surface area contributed by atoms with Crippen molar-refractivity contribution >= 4 is 10.9 Å². The lowest BCUT2D eigenvalue weighted by molar-refractivity contribution is 0.301. The molecule has 3 aromatic rings. The van der Waals surface area contributed by atoms with Crippen LogP contribution in [0.1, 0.15) is 31.0 Å². The zero-order valence-electron chi connectivity index (χ0n) is 12.7. The monoisotopic (exact) mass is 280 g/mol. The number of hydrogen-bond donors (Lipinski definition) is 0. The van der Waals surface area contributed by atoms with Gasteiger partial charge in [0.25, 0.3) is 0 Å². The Hall–Kier alpha value is -2.29. The van der Waals surface area contributed by atoms with Crippen LogP contribution in [0.2, 0.25) is 0 Å². The van der Waals surface area contributed by atoms with Crippen molar-refractivity contribution in [3.05, 3.63) is 59.8 Å². The highest BCUT2D eigenvalue weighted by Gasteiger charge is 2.08. The highest BCUT2D eigenvalue weighted by Crippen LogP contribution is 2.21. The molecule has 0 spiro atoms. The first-order valence-electron chi connectivity index (χ1n) is 7.28. The first-order chi connectivity index (χ1) is 10.1. The van der Waals surface area contributed by atoms with E-state index in [4.69, 9.17) is 4.74 Å². The Labute approximate surface area is 125 Å². The minimum absolute atomic E-state index is 0.488. The van der Waals surface area contributed by atoms with Gasteiger partial charge < -0.3 is 4.74 Å². The van der Waals surface area contributed by atoms with Gasteiger partial charge >= 0.3 is 0 Å².